The van der Waals surface area contributed by atoms with Crippen LogP contribution in [-0.2, 0) is 0 Å². The third-order valence-electron chi connectivity index (χ3n) is 2.33. The predicted molar refractivity (Wildman–Crippen MR) is 68.9 cm³/mol. The van der Waals surface area contributed by atoms with E-state index in [9.17, 15) is 14.9 Å². The number of hydrogen-bond acceptors (Lipinski definition) is 5. The lowest BCUT2D eigenvalue weighted by molar-refractivity contribution is -0.384. The molecule has 0 radical (unpaired) electrons. The molecular weight excluding hydrogens is 248 g/mol. The topological polar surface area (TPSA) is 85.4 Å². The first kappa shape index (κ1) is 12.6. The molecule has 1 aromatic heterocycles. The second-order valence-corrected chi connectivity index (χ2v) is 3.62. The number of furan rings is 1. The lowest BCUT2D eigenvalue weighted by Gasteiger charge is -1.99. The predicted octanol–water partition coefficient (Wildman–Crippen LogP) is 3.00. The molecule has 0 bridgehead atoms. The summed E-state index contributed by atoms with van der Waals surface area (Å²) >= 11 is 0. The normalized spacial score (nSPS) is 10.5. The number of nitro benzene ring substituents is 1. The van der Waals surface area contributed by atoms with E-state index in [1.807, 2.05) is 0 Å². The zero-order chi connectivity index (χ0) is 13.7. The van der Waals surface area contributed by atoms with Gasteiger partial charge in [-0.25, -0.2) is 0 Å². The number of nitrogens with zero attached hydrogens (tertiary/aromatic N) is 1. The van der Waals surface area contributed by atoms with E-state index in [0.717, 1.165) is 0 Å². The SMILES string of the molecule is O=C(/C=C/Nc1ccc([N+](=O)[O-])cc1)c1ccco1. The zero-order valence-electron chi connectivity index (χ0n) is 9.78. The van der Waals surface area contributed by atoms with E-state index in [1.165, 1.54) is 30.7 Å². The van der Waals surface area contributed by atoms with Crippen molar-refractivity contribution in [2.24, 2.45) is 0 Å². The van der Waals surface area contributed by atoms with Crippen molar-refractivity contribution in [3.8, 4) is 0 Å². The van der Waals surface area contributed by atoms with Crippen molar-refractivity contribution >= 4 is 17.2 Å². The van der Waals surface area contributed by atoms with Crippen LogP contribution < -0.4 is 5.32 Å². The van der Waals surface area contributed by atoms with E-state index >= 15 is 0 Å². The molecule has 0 saturated heterocycles. The van der Waals surface area contributed by atoms with Crippen molar-refractivity contribution < 1.29 is 14.1 Å². The summed E-state index contributed by atoms with van der Waals surface area (Å²) in [6, 6.07) is 9.07. The number of benzene rings is 1. The lowest BCUT2D eigenvalue weighted by atomic mass is 10.3. The maximum Gasteiger partial charge on any atom is 0.269 e. The highest BCUT2D eigenvalue weighted by Crippen LogP contribution is 2.15. The number of allylic oxidation sites excluding steroid dienone is 1. The number of carbonyl (C=O) groups is 1. The van der Waals surface area contributed by atoms with Crippen LogP contribution in [0.4, 0.5) is 11.4 Å². The molecule has 0 aliphatic rings. The van der Waals surface area contributed by atoms with Crippen LogP contribution in [0.5, 0.6) is 0 Å². The first-order valence-corrected chi connectivity index (χ1v) is 5.42. The summed E-state index contributed by atoms with van der Waals surface area (Å²) in [6.45, 7) is 0. The molecule has 0 aliphatic carbocycles. The van der Waals surface area contributed by atoms with Gasteiger partial charge in [-0.1, -0.05) is 0 Å². The molecule has 0 atom stereocenters. The van der Waals surface area contributed by atoms with Crippen molar-refractivity contribution in [2.75, 3.05) is 5.32 Å². The maximum atomic E-state index is 11.5. The summed E-state index contributed by atoms with van der Waals surface area (Å²) < 4.78 is 4.94. The number of carbonyl (C=O) groups excluding carboxylic acids is 1. The van der Waals surface area contributed by atoms with E-state index in [4.69, 9.17) is 4.42 Å². The smallest absolute Gasteiger partial charge is 0.269 e. The quantitative estimate of drug-likeness (QED) is 0.385. The minimum Gasteiger partial charge on any atom is -0.461 e. The Morgan fingerprint density at radius 1 is 1.26 bits per heavy atom. The van der Waals surface area contributed by atoms with Gasteiger partial charge in [0.2, 0.25) is 5.78 Å². The monoisotopic (exact) mass is 258 g/mol. The van der Waals surface area contributed by atoms with Gasteiger partial charge in [-0.2, -0.15) is 0 Å². The molecule has 0 aliphatic heterocycles. The van der Waals surface area contributed by atoms with Crippen LogP contribution in [0.3, 0.4) is 0 Å². The standard InChI is InChI=1S/C13H10N2O4/c16-12(13-2-1-9-19-13)7-8-14-10-3-5-11(6-4-10)15(17)18/h1-9,14H/b8-7+. The lowest BCUT2D eigenvalue weighted by Crippen LogP contribution is -1.94. The van der Waals surface area contributed by atoms with Gasteiger partial charge in [-0.3, -0.25) is 14.9 Å². The van der Waals surface area contributed by atoms with Gasteiger partial charge in [0.25, 0.3) is 5.69 Å². The fourth-order valence-corrected chi connectivity index (χ4v) is 1.39. The summed E-state index contributed by atoms with van der Waals surface area (Å²) in [6.07, 6.45) is 4.19. The van der Waals surface area contributed by atoms with Crippen LogP contribution >= 0.6 is 0 Å². The summed E-state index contributed by atoms with van der Waals surface area (Å²) in [5.74, 6) is -0.0128. The molecule has 19 heavy (non-hydrogen) atoms. The highest BCUT2D eigenvalue weighted by Gasteiger charge is 2.04. The highest BCUT2D eigenvalue weighted by molar-refractivity contribution is 6.02. The largest absolute Gasteiger partial charge is 0.461 e. The van der Waals surface area contributed by atoms with Crippen LogP contribution in [0.15, 0.2) is 59.4 Å². The minimum absolute atomic E-state index is 0.0150. The molecule has 96 valence electrons. The third-order valence-corrected chi connectivity index (χ3v) is 2.33. The van der Waals surface area contributed by atoms with Crippen LogP contribution in [0.25, 0.3) is 0 Å². The van der Waals surface area contributed by atoms with Gasteiger partial charge in [0.1, 0.15) is 0 Å². The van der Waals surface area contributed by atoms with Gasteiger partial charge >= 0.3 is 0 Å². The fraction of sp³-hybridized carbons (Fsp3) is 0. The molecule has 2 rings (SSSR count). The zero-order valence-corrected chi connectivity index (χ0v) is 9.78. The molecule has 6 heteroatoms. The minimum atomic E-state index is -0.472. The van der Waals surface area contributed by atoms with E-state index in [1.54, 1.807) is 24.3 Å². The highest BCUT2D eigenvalue weighted by atomic mass is 16.6. The molecule has 0 amide bonds. The van der Waals surface area contributed by atoms with Gasteiger partial charge in [0.05, 0.1) is 11.2 Å². The van der Waals surface area contributed by atoms with Gasteiger partial charge in [0.15, 0.2) is 5.76 Å². The first-order valence-electron chi connectivity index (χ1n) is 5.42. The average Bonchev–Trinajstić information content (AvgIpc) is 2.93. The molecule has 1 heterocycles. The van der Waals surface area contributed by atoms with Gasteiger partial charge in [-0.15, -0.1) is 0 Å². The van der Waals surface area contributed by atoms with Crippen LogP contribution in [0, 0.1) is 10.1 Å². The molecule has 0 saturated carbocycles. The second-order valence-electron chi connectivity index (χ2n) is 3.62. The van der Waals surface area contributed by atoms with Crippen molar-refractivity contribution in [3.63, 3.8) is 0 Å². The second kappa shape index (κ2) is 5.63. The van der Waals surface area contributed by atoms with E-state index < -0.39 is 4.92 Å². The Labute approximate surface area is 108 Å². The van der Waals surface area contributed by atoms with Crippen molar-refractivity contribution in [3.05, 3.63) is 70.8 Å². The molecule has 0 unspecified atom stereocenters. The van der Waals surface area contributed by atoms with Crippen molar-refractivity contribution in [1.29, 1.82) is 0 Å². The Morgan fingerprint density at radius 2 is 2.00 bits per heavy atom. The Bertz CT molecular complexity index is 600. The Kier molecular flexibility index (Phi) is 3.72. The van der Waals surface area contributed by atoms with Gasteiger partial charge < -0.3 is 9.73 Å². The summed E-state index contributed by atoms with van der Waals surface area (Å²) in [5, 5.41) is 13.3. The molecule has 0 spiro atoms. The molecule has 6 nitrogen and oxygen atoms in total. The van der Waals surface area contributed by atoms with Gasteiger partial charge in [-0.05, 0) is 24.3 Å². The van der Waals surface area contributed by atoms with Crippen molar-refractivity contribution in [1.82, 2.24) is 0 Å². The molecule has 2 aromatic rings. The summed E-state index contributed by atoms with van der Waals surface area (Å²) in [4.78, 5) is 21.5. The molecule has 1 N–H and O–H groups in total. The van der Waals surface area contributed by atoms with Crippen LogP contribution in [0.1, 0.15) is 10.6 Å². The maximum absolute atomic E-state index is 11.5. The Hall–Kier alpha value is -2.89. The van der Waals surface area contributed by atoms with E-state index in [-0.39, 0.29) is 17.2 Å². The third kappa shape index (κ3) is 3.29. The van der Waals surface area contributed by atoms with Crippen molar-refractivity contribution in [2.45, 2.75) is 0 Å². The summed E-state index contributed by atoms with van der Waals surface area (Å²) in [7, 11) is 0. The van der Waals surface area contributed by atoms with E-state index in [0.29, 0.717) is 5.69 Å². The van der Waals surface area contributed by atoms with Crippen LogP contribution in [-0.4, -0.2) is 10.7 Å². The van der Waals surface area contributed by atoms with Crippen LogP contribution in [0.2, 0.25) is 0 Å². The molecule has 1 aromatic carbocycles. The fourth-order valence-electron chi connectivity index (χ4n) is 1.39. The number of hydrogen-bond donors (Lipinski definition) is 1. The average molecular weight is 258 g/mol. The Morgan fingerprint density at radius 3 is 2.58 bits per heavy atom. The number of nitrogens with one attached hydrogen (secondary N) is 1. The molecular formula is C13H10N2O4. The number of anilines is 1. The number of ketones is 1. The number of rotatable bonds is 5. The first-order chi connectivity index (χ1) is 9.16. The number of nitro groups is 1. The number of non-ortho nitro benzene ring substituents is 1. The van der Waals surface area contributed by atoms with Gasteiger partial charge in [0, 0.05) is 30.1 Å². The summed E-state index contributed by atoms with van der Waals surface area (Å²) in [5.41, 5.74) is 0.662. The van der Waals surface area contributed by atoms with E-state index in [2.05, 4.69) is 5.32 Å². The Balaban J connectivity index is 1.95. The molecule has 0 fully saturated rings.